The molecule has 152 valence electrons. The van der Waals surface area contributed by atoms with Crippen LogP contribution >= 0.6 is 45.9 Å². The molecule has 0 radical (unpaired) electrons. The molecule has 3 aromatic rings. The zero-order valence-corrected chi connectivity index (χ0v) is 19.1. The number of methoxy groups -OCH3 is 1. The van der Waals surface area contributed by atoms with Crippen molar-refractivity contribution in [2.24, 2.45) is 5.92 Å². The largest absolute Gasteiger partial charge is 0.465 e. The van der Waals surface area contributed by atoms with Crippen LogP contribution in [-0.2, 0) is 17.6 Å². The number of amides is 1. The van der Waals surface area contributed by atoms with Crippen LogP contribution in [0, 0.1) is 5.92 Å². The van der Waals surface area contributed by atoms with Crippen LogP contribution in [0.3, 0.4) is 0 Å². The van der Waals surface area contributed by atoms with Crippen molar-refractivity contribution in [3.8, 4) is 0 Å². The first kappa shape index (κ1) is 20.7. The SMILES string of the molecule is CCC1CCc2c(sc(NC(=O)c3sc4cccc(Cl)c4c3Cl)c2C(=O)OC)C1. The summed E-state index contributed by atoms with van der Waals surface area (Å²) in [5.74, 6) is -0.157. The number of fused-ring (bicyclic) bond motifs is 2. The fourth-order valence-electron chi connectivity index (χ4n) is 3.79. The summed E-state index contributed by atoms with van der Waals surface area (Å²) in [6.45, 7) is 2.18. The van der Waals surface area contributed by atoms with E-state index >= 15 is 0 Å². The lowest BCUT2D eigenvalue weighted by Crippen LogP contribution is -2.16. The lowest BCUT2D eigenvalue weighted by atomic mass is 9.86. The number of benzene rings is 1. The molecular formula is C21H19Cl2NO3S2. The van der Waals surface area contributed by atoms with Crippen LogP contribution in [0.5, 0.6) is 0 Å². The van der Waals surface area contributed by atoms with Gasteiger partial charge in [0.05, 0.1) is 22.7 Å². The van der Waals surface area contributed by atoms with E-state index in [4.69, 9.17) is 27.9 Å². The zero-order valence-electron chi connectivity index (χ0n) is 15.9. The Bertz CT molecular complexity index is 1120. The molecule has 0 saturated heterocycles. The Hall–Kier alpha value is -1.60. The van der Waals surface area contributed by atoms with Crippen molar-refractivity contribution in [3.63, 3.8) is 0 Å². The number of esters is 1. The molecule has 1 atom stereocenters. The first-order valence-electron chi connectivity index (χ1n) is 9.35. The van der Waals surface area contributed by atoms with Crippen LogP contribution in [0.2, 0.25) is 10.0 Å². The van der Waals surface area contributed by atoms with E-state index in [1.54, 1.807) is 6.07 Å². The minimum atomic E-state index is -0.418. The molecule has 8 heteroatoms. The van der Waals surface area contributed by atoms with E-state index in [0.29, 0.717) is 36.8 Å². The maximum Gasteiger partial charge on any atom is 0.341 e. The van der Waals surface area contributed by atoms with Gasteiger partial charge in [0, 0.05) is 15.0 Å². The van der Waals surface area contributed by atoms with Gasteiger partial charge < -0.3 is 10.1 Å². The average Bonchev–Trinajstić information content (AvgIpc) is 3.24. The van der Waals surface area contributed by atoms with Gasteiger partial charge in [0.1, 0.15) is 9.88 Å². The van der Waals surface area contributed by atoms with Gasteiger partial charge in [0.15, 0.2) is 0 Å². The van der Waals surface area contributed by atoms with Gasteiger partial charge in [-0.2, -0.15) is 0 Å². The summed E-state index contributed by atoms with van der Waals surface area (Å²) in [6, 6.07) is 5.45. The molecule has 0 bridgehead atoms. The molecule has 0 aliphatic heterocycles. The quantitative estimate of drug-likeness (QED) is 0.428. The van der Waals surface area contributed by atoms with Crippen LogP contribution in [0.1, 0.15) is 50.2 Å². The number of carbonyl (C=O) groups is 2. The number of hydrogen-bond donors (Lipinski definition) is 1. The minimum absolute atomic E-state index is 0.333. The third-order valence-corrected chi connectivity index (χ3v) is 8.50. The van der Waals surface area contributed by atoms with Crippen LogP contribution in [0.15, 0.2) is 18.2 Å². The topological polar surface area (TPSA) is 55.4 Å². The van der Waals surface area contributed by atoms with Crippen molar-refractivity contribution in [1.29, 1.82) is 0 Å². The molecule has 0 fully saturated rings. The summed E-state index contributed by atoms with van der Waals surface area (Å²) in [5.41, 5.74) is 1.48. The van der Waals surface area contributed by atoms with Gasteiger partial charge in [0.2, 0.25) is 0 Å². The van der Waals surface area contributed by atoms with Crippen molar-refractivity contribution in [2.45, 2.75) is 32.6 Å². The summed E-state index contributed by atoms with van der Waals surface area (Å²) >= 11 is 15.5. The molecule has 1 aliphatic rings. The summed E-state index contributed by atoms with van der Waals surface area (Å²) in [4.78, 5) is 27.1. The molecule has 4 rings (SSSR count). The molecule has 1 amide bonds. The number of thiophene rings is 2. The van der Waals surface area contributed by atoms with Crippen molar-refractivity contribution in [1.82, 2.24) is 0 Å². The first-order chi connectivity index (χ1) is 13.9. The van der Waals surface area contributed by atoms with Crippen LogP contribution in [0.4, 0.5) is 5.00 Å². The summed E-state index contributed by atoms with van der Waals surface area (Å²) in [7, 11) is 1.36. The minimum Gasteiger partial charge on any atom is -0.465 e. The zero-order chi connectivity index (χ0) is 20.7. The number of nitrogens with one attached hydrogen (secondary N) is 1. The molecule has 0 spiro atoms. The standard InChI is InChI=1S/C21H19Cl2NO3S2/c1-3-10-7-8-11-14(9-10)29-20(15(11)21(26)27-2)24-19(25)18-17(23)16-12(22)5-4-6-13(16)28-18/h4-6,10H,3,7-9H2,1-2H3,(H,24,25). The Morgan fingerprint density at radius 1 is 1.28 bits per heavy atom. The highest BCUT2D eigenvalue weighted by molar-refractivity contribution is 7.22. The van der Waals surface area contributed by atoms with E-state index in [2.05, 4.69) is 12.2 Å². The Balaban J connectivity index is 1.72. The van der Waals surface area contributed by atoms with E-state index < -0.39 is 5.97 Å². The second kappa shape index (κ2) is 8.26. The van der Waals surface area contributed by atoms with Gasteiger partial charge >= 0.3 is 5.97 Å². The summed E-state index contributed by atoms with van der Waals surface area (Å²) in [6.07, 6.45) is 3.89. The van der Waals surface area contributed by atoms with Gasteiger partial charge in [-0.3, -0.25) is 4.79 Å². The maximum atomic E-state index is 13.0. The number of hydrogen-bond acceptors (Lipinski definition) is 5. The number of anilines is 1. The molecule has 0 saturated carbocycles. The van der Waals surface area contributed by atoms with Gasteiger partial charge in [-0.25, -0.2) is 4.79 Å². The average molecular weight is 468 g/mol. The van der Waals surface area contributed by atoms with Crippen LogP contribution < -0.4 is 5.32 Å². The van der Waals surface area contributed by atoms with E-state index in [1.165, 1.54) is 29.8 Å². The maximum absolute atomic E-state index is 13.0. The Labute approximate surface area is 186 Å². The number of ether oxygens (including phenoxy) is 1. The predicted molar refractivity (Wildman–Crippen MR) is 121 cm³/mol. The van der Waals surface area contributed by atoms with Crippen molar-refractivity contribution in [3.05, 3.63) is 49.1 Å². The Morgan fingerprint density at radius 2 is 2.07 bits per heavy atom. The van der Waals surface area contributed by atoms with Crippen molar-refractivity contribution >= 4 is 72.8 Å². The van der Waals surface area contributed by atoms with Gasteiger partial charge in [0.25, 0.3) is 5.91 Å². The molecular weight excluding hydrogens is 449 g/mol. The molecule has 1 unspecified atom stereocenters. The highest BCUT2D eigenvalue weighted by Gasteiger charge is 2.30. The molecule has 1 N–H and O–H groups in total. The molecule has 1 aliphatic carbocycles. The summed E-state index contributed by atoms with van der Waals surface area (Å²) in [5, 5.41) is 4.96. The lowest BCUT2D eigenvalue weighted by Gasteiger charge is -2.20. The fraction of sp³-hybridized carbons (Fsp3) is 0.333. The van der Waals surface area contributed by atoms with E-state index in [1.807, 2.05) is 12.1 Å². The Kier molecular flexibility index (Phi) is 5.89. The smallest absolute Gasteiger partial charge is 0.341 e. The Morgan fingerprint density at radius 3 is 2.76 bits per heavy atom. The van der Waals surface area contributed by atoms with Gasteiger partial charge in [-0.1, -0.05) is 42.6 Å². The van der Waals surface area contributed by atoms with Crippen molar-refractivity contribution in [2.75, 3.05) is 12.4 Å². The van der Waals surface area contributed by atoms with E-state index in [9.17, 15) is 9.59 Å². The van der Waals surface area contributed by atoms with Crippen LogP contribution in [-0.4, -0.2) is 19.0 Å². The van der Waals surface area contributed by atoms with E-state index in [0.717, 1.165) is 40.8 Å². The molecule has 2 heterocycles. The fourth-order valence-corrected chi connectivity index (χ4v) is 6.98. The highest BCUT2D eigenvalue weighted by atomic mass is 35.5. The predicted octanol–water partition coefficient (Wildman–Crippen LogP) is 6.82. The number of halogens is 2. The second-order valence-corrected chi connectivity index (χ2v) is 9.97. The summed E-state index contributed by atoms with van der Waals surface area (Å²) < 4.78 is 5.85. The number of carbonyl (C=O) groups excluding carboxylic acids is 2. The van der Waals surface area contributed by atoms with E-state index in [-0.39, 0.29) is 5.91 Å². The third-order valence-electron chi connectivity index (χ3n) is 5.37. The molecule has 2 aromatic heterocycles. The molecule has 4 nitrogen and oxygen atoms in total. The number of rotatable bonds is 4. The van der Waals surface area contributed by atoms with Crippen LogP contribution in [0.25, 0.3) is 10.1 Å². The van der Waals surface area contributed by atoms with Gasteiger partial charge in [-0.05, 0) is 42.9 Å². The van der Waals surface area contributed by atoms with Crippen molar-refractivity contribution < 1.29 is 14.3 Å². The molecule has 29 heavy (non-hydrogen) atoms. The normalized spacial score (nSPS) is 15.9. The lowest BCUT2D eigenvalue weighted by molar-refractivity contribution is 0.0601. The highest BCUT2D eigenvalue weighted by Crippen LogP contribution is 2.43. The molecule has 1 aromatic carbocycles. The third kappa shape index (κ3) is 3.67. The monoisotopic (exact) mass is 467 g/mol. The van der Waals surface area contributed by atoms with Gasteiger partial charge in [-0.15, -0.1) is 22.7 Å². The first-order valence-corrected chi connectivity index (χ1v) is 11.7. The second-order valence-electron chi connectivity index (χ2n) is 7.03.